The molecule has 0 saturated carbocycles. The summed E-state index contributed by atoms with van der Waals surface area (Å²) in [4.78, 5) is 32.6. The van der Waals surface area contributed by atoms with Gasteiger partial charge in [-0.1, -0.05) is 18.2 Å². The van der Waals surface area contributed by atoms with Crippen molar-refractivity contribution in [1.29, 1.82) is 0 Å². The number of carbonyl (C=O) groups is 1. The number of para-hydroxylation sites is 1. The fraction of sp³-hybridized carbons (Fsp3) is 0.130. The number of fused-ring (bicyclic) bond motifs is 1. The number of carboxylic acid groups (broad SMARTS) is 1. The van der Waals surface area contributed by atoms with Crippen molar-refractivity contribution in [1.82, 2.24) is 9.97 Å². The zero-order valence-electron chi connectivity index (χ0n) is 16.4. The summed E-state index contributed by atoms with van der Waals surface area (Å²) in [5.41, 5.74) is 3.01. The van der Waals surface area contributed by atoms with Gasteiger partial charge in [0.05, 0.1) is 23.2 Å². The van der Waals surface area contributed by atoms with Crippen LogP contribution < -0.4 is 10.7 Å². The number of rotatable bonds is 5. The molecule has 0 amide bonds. The number of nitrogens with one attached hydrogen (secondary N) is 1. The summed E-state index contributed by atoms with van der Waals surface area (Å²) in [7, 11) is 0. The average Bonchev–Trinajstić information content (AvgIpc) is 2.74. The van der Waals surface area contributed by atoms with Crippen LogP contribution in [0.3, 0.4) is 0 Å². The SMILES string of the molecule is Cc1cc([C@@H](C)Nc2ccccc2C(=O)O)c2oc(-c3cnccn3)cc(=O)c2c1. The first-order chi connectivity index (χ1) is 14.4. The highest BCUT2D eigenvalue weighted by Gasteiger charge is 2.18. The third kappa shape index (κ3) is 3.65. The van der Waals surface area contributed by atoms with Crippen molar-refractivity contribution in [3.05, 3.63) is 88.0 Å². The molecule has 0 aliphatic heterocycles. The largest absolute Gasteiger partial charge is 0.478 e. The van der Waals surface area contributed by atoms with E-state index in [4.69, 9.17) is 4.42 Å². The first kappa shape index (κ1) is 19.3. The molecular weight excluding hydrogens is 382 g/mol. The number of benzene rings is 2. The minimum Gasteiger partial charge on any atom is -0.478 e. The Morgan fingerprint density at radius 3 is 2.70 bits per heavy atom. The van der Waals surface area contributed by atoms with E-state index >= 15 is 0 Å². The Bertz CT molecular complexity index is 1300. The van der Waals surface area contributed by atoms with Gasteiger partial charge in [-0.15, -0.1) is 0 Å². The molecular formula is C23H19N3O4. The second kappa shape index (κ2) is 7.79. The Labute approximate surface area is 172 Å². The molecule has 4 aromatic rings. The second-order valence-electron chi connectivity index (χ2n) is 7.01. The summed E-state index contributed by atoms with van der Waals surface area (Å²) in [5.74, 6) is -0.695. The van der Waals surface area contributed by atoms with Gasteiger partial charge in [-0.05, 0) is 37.6 Å². The molecule has 0 spiro atoms. The predicted octanol–water partition coefficient (Wildman–Crippen LogP) is 4.43. The maximum Gasteiger partial charge on any atom is 0.337 e. The van der Waals surface area contributed by atoms with Crippen LogP contribution in [0.2, 0.25) is 0 Å². The molecule has 150 valence electrons. The molecule has 30 heavy (non-hydrogen) atoms. The van der Waals surface area contributed by atoms with E-state index in [1.807, 2.05) is 19.9 Å². The smallest absolute Gasteiger partial charge is 0.337 e. The summed E-state index contributed by atoms with van der Waals surface area (Å²) in [6, 6.07) is 11.5. The number of hydrogen-bond acceptors (Lipinski definition) is 6. The summed E-state index contributed by atoms with van der Waals surface area (Å²) >= 11 is 0. The van der Waals surface area contributed by atoms with Crippen LogP contribution in [-0.2, 0) is 0 Å². The first-order valence-corrected chi connectivity index (χ1v) is 9.37. The van der Waals surface area contributed by atoms with Gasteiger partial charge in [0.2, 0.25) is 0 Å². The molecule has 0 bridgehead atoms. The van der Waals surface area contributed by atoms with E-state index < -0.39 is 5.97 Å². The standard InChI is InChI=1S/C23H19N3O4/c1-13-9-16(14(2)26-18-6-4-3-5-15(18)23(28)29)22-17(10-13)20(27)11-21(30-22)19-12-24-7-8-25-19/h3-12,14,26H,1-2H3,(H,28,29)/t14-/m1/s1. The number of nitrogens with zero attached hydrogens (tertiary/aromatic N) is 2. The lowest BCUT2D eigenvalue weighted by Gasteiger charge is -2.19. The maximum atomic E-state index is 12.8. The van der Waals surface area contributed by atoms with Gasteiger partial charge in [-0.25, -0.2) is 9.78 Å². The van der Waals surface area contributed by atoms with Crippen LogP contribution in [0.5, 0.6) is 0 Å². The third-order valence-electron chi connectivity index (χ3n) is 4.81. The summed E-state index contributed by atoms with van der Waals surface area (Å²) in [5, 5.41) is 13.1. The molecule has 0 radical (unpaired) electrons. The predicted molar refractivity (Wildman–Crippen MR) is 114 cm³/mol. The molecule has 7 nitrogen and oxygen atoms in total. The van der Waals surface area contributed by atoms with Crippen molar-refractivity contribution in [2.24, 2.45) is 0 Å². The molecule has 4 rings (SSSR count). The van der Waals surface area contributed by atoms with Gasteiger partial charge in [0.15, 0.2) is 11.2 Å². The van der Waals surface area contributed by atoms with E-state index in [-0.39, 0.29) is 17.0 Å². The number of aromatic nitrogens is 2. The molecule has 0 saturated heterocycles. The molecule has 0 aliphatic rings. The molecule has 2 aromatic heterocycles. The Hall–Kier alpha value is -4.00. The number of anilines is 1. The van der Waals surface area contributed by atoms with Crippen LogP contribution in [0.25, 0.3) is 22.4 Å². The van der Waals surface area contributed by atoms with Crippen LogP contribution in [0.1, 0.15) is 34.5 Å². The van der Waals surface area contributed by atoms with Gasteiger partial charge in [-0.3, -0.25) is 9.78 Å². The van der Waals surface area contributed by atoms with E-state index in [1.165, 1.54) is 24.5 Å². The van der Waals surface area contributed by atoms with Crippen molar-refractivity contribution < 1.29 is 14.3 Å². The minimum absolute atomic E-state index is 0.169. The lowest BCUT2D eigenvalue weighted by molar-refractivity contribution is 0.0698. The summed E-state index contributed by atoms with van der Waals surface area (Å²) in [6.45, 7) is 3.79. The molecule has 2 heterocycles. The number of carboxylic acids is 1. The quantitative estimate of drug-likeness (QED) is 0.510. The summed E-state index contributed by atoms with van der Waals surface area (Å²) in [6.07, 6.45) is 4.61. The van der Waals surface area contributed by atoms with Crippen LogP contribution >= 0.6 is 0 Å². The Balaban J connectivity index is 1.85. The molecule has 0 aliphatic carbocycles. The van der Waals surface area contributed by atoms with Crippen molar-refractivity contribution in [2.75, 3.05) is 5.32 Å². The van der Waals surface area contributed by atoms with Gasteiger partial charge in [0, 0.05) is 29.7 Å². The highest BCUT2D eigenvalue weighted by Crippen LogP contribution is 2.30. The molecule has 2 aromatic carbocycles. The van der Waals surface area contributed by atoms with Crippen LogP contribution in [-0.4, -0.2) is 21.0 Å². The van der Waals surface area contributed by atoms with Gasteiger partial charge in [-0.2, -0.15) is 0 Å². The lowest BCUT2D eigenvalue weighted by Crippen LogP contribution is -2.12. The van der Waals surface area contributed by atoms with Crippen LogP contribution in [0.4, 0.5) is 5.69 Å². The lowest BCUT2D eigenvalue weighted by atomic mass is 10.0. The van der Waals surface area contributed by atoms with Gasteiger partial charge < -0.3 is 14.8 Å². The molecule has 2 N–H and O–H groups in total. The molecule has 0 fully saturated rings. The van der Waals surface area contributed by atoms with Crippen LogP contribution in [0, 0.1) is 6.92 Å². The number of aromatic carboxylic acids is 1. The first-order valence-electron chi connectivity index (χ1n) is 9.37. The third-order valence-corrected chi connectivity index (χ3v) is 4.81. The van der Waals surface area contributed by atoms with Crippen molar-refractivity contribution >= 4 is 22.6 Å². The highest BCUT2D eigenvalue weighted by molar-refractivity contribution is 5.94. The average molecular weight is 401 g/mol. The second-order valence-corrected chi connectivity index (χ2v) is 7.01. The van der Waals surface area contributed by atoms with Gasteiger partial charge in [0.1, 0.15) is 11.3 Å². The van der Waals surface area contributed by atoms with Gasteiger partial charge in [0.25, 0.3) is 0 Å². The Morgan fingerprint density at radius 2 is 1.97 bits per heavy atom. The zero-order valence-corrected chi connectivity index (χ0v) is 16.4. The van der Waals surface area contributed by atoms with Crippen LogP contribution in [0.15, 0.2) is 70.3 Å². The number of aryl methyl sites for hydroxylation is 1. The molecule has 7 heteroatoms. The van der Waals surface area contributed by atoms with E-state index in [1.54, 1.807) is 30.5 Å². The van der Waals surface area contributed by atoms with E-state index in [9.17, 15) is 14.7 Å². The van der Waals surface area contributed by atoms with E-state index in [2.05, 4.69) is 15.3 Å². The topological polar surface area (TPSA) is 105 Å². The number of hydrogen-bond donors (Lipinski definition) is 2. The highest BCUT2D eigenvalue weighted by atomic mass is 16.4. The fourth-order valence-corrected chi connectivity index (χ4v) is 3.42. The Kier molecular flexibility index (Phi) is 5.02. The maximum absolute atomic E-state index is 12.8. The van der Waals surface area contributed by atoms with Gasteiger partial charge >= 0.3 is 5.97 Å². The zero-order chi connectivity index (χ0) is 21.3. The van der Waals surface area contributed by atoms with E-state index in [0.29, 0.717) is 28.1 Å². The summed E-state index contributed by atoms with van der Waals surface area (Å²) < 4.78 is 6.09. The minimum atomic E-state index is -1.02. The van der Waals surface area contributed by atoms with E-state index in [0.717, 1.165) is 11.1 Å². The van der Waals surface area contributed by atoms with Crippen molar-refractivity contribution in [3.8, 4) is 11.5 Å². The molecule has 1 atom stereocenters. The fourth-order valence-electron chi connectivity index (χ4n) is 3.42. The molecule has 0 unspecified atom stereocenters. The van der Waals surface area contributed by atoms with Crippen molar-refractivity contribution in [2.45, 2.75) is 19.9 Å². The monoisotopic (exact) mass is 401 g/mol. The van der Waals surface area contributed by atoms with Crippen molar-refractivity contribution in [3.63, 3.8) is 0 Å². The normalized spacial score (nSPS) is 11.9. The Morgan fingerprint density at radius 1 is 1.17 bits per heavy atom.